The van der Waals surface area contributed by atoms with E-state index in [9.17, 15) is 5.11 Å². The zero-order valence-corrected chi connectivity index (χ0v) is 19.7. The number of thiophene rings is 1. The van der Waals surface area contributed by atoms with E-state index in [4.69, 9.17) is 0 Å². The van der Waals surface area contributed by atoms with Crippen molar-refractivity contribution in [1.29, 1.82) is 0 Å². The van der Waals surface area contributed by atoms with Gasteiger partial charge in [0.15, 0.2) is 5.96 Å². The van der Waals surface area contributed by atoms with E-state index in [1.54, 1.807) is 11.3 Å². The number of benzene rings is 1. The molecule has 2 atom stereocenters. The molecule has 3 rings (SSSR count). The monoisotopic (exact) mass is 514 g/mol. The number of aliphatic hydroxyl groups excluding tert-OH is 1. The molecule has 1 aromatic carbocycles. The summed E-state index contributed by atoms with van der Waals surface area (Å²) < 4.78 is 0. The highest BCUT2D eigenvalue weighted by Crippen LogP contribution is 2.19. The summed E-state index contributed by atoms with van der Waals surface area (Å²) in [5, 5.41) is 19.2. The number of hydrogen-bond acceptors (Lipinski definition) is 4. The first-order chi connectivity index (χ1) is 13.2. The third kappa shape index (κ3) is 6.72. The van der Waals surface area contributed by atoms with E-state index in [1.807, 2.05) is 0 Å². The molecule has 1 aromatic heterocycles. The minimum Gasteiger partial charge on any atom is -0.390 e. The Morgan fingerprint density at radius 2 is 2.04 bits per heavy atom. The van der Waals surface area contributed by atoms with Crippen molar-refractivity contribution < 1.29 is 5.11 Å². The Labute approximate surface area is 189 Å². The van der Waals surface area contributed by atoms with Crippen LogP contribution in [0, 0.1) is 0 Å². The van der Waals surface area contributed by atoms with E-state index in [2.05, 4.69) is 76.2 Å². The Balaban J connectivity index is 0.00000280. The molecular formula is C21H31IN4OS. The molecule has 154 valence electrons. The van der Waals surface area contributed by atoms with Crippen molar-refractivity contribution in [3.8, 4) is 0 Å². The van der Waals surface area contributed by atoms with Gasteiger partial charge in [0.05, 0.1) is 18.7 Å². The molecule has 2 unspecified atom stereocenters. The molecule has 0 saturated heterocycles. The van der Waals surface area contributed by atoms with E-state index < -0.39 is 6.10 Å². The van der Waals surface area contributed by atoms with Crippen LogP contribution < -0.4 is 10.6 Å². The minimum atomic E-state index is -0.470. The minimum absolute atomic E-state index is 0. The molecule has 0 fully saturated rings. The zero-order chi connectivity index (χ0) is 19.1. The van der Waals surface area contributed by atoms with Gasteiger partial charge in [0.2, 0.25) is 0 Å². The van der Waals surface area contributed by atoms with Crippen LogP contribution in [0.2, 0.25) is 0 Å². The van der Waals surface area contributed by atoms with Crippen molar-refractivity contribution >= 4 is 41.3 Å². The van der Waals surface area contributed by atoms with Gasteiger partial charge in [-0.15, -0.1) is 35.3 Å². The normalized spacial score (nSPS) is 16.6. The highest BCUT2D eigenvalue weighted by atomic mass is 127. The average Bonchev–Trinajstić information content (AvgIpc) is 3.21. The second kappa shape index (κ2) is 11.7. The number of guanidine groups is 1. The zero-order valence-electron chi connectivity index (χ0n) is 16.6. The molecule has 1 aliphatic rings. The summed E-state index contributed by atoms with van der Waals surface area (Å²) in [5.74, 6) is 0.751. The molecular weight excluding hydrogens is 483 g/mol. The Hall–Kier alpha value is -1.16. The predicted octanol–water partition coefficient (Wildman–Crippen LogP) is 3.40. The van der Waals surface area contributed by atoms with E-state index >= 15 is 0 Å². The summed E-state index contributed by atoms with van der Waals surface area (Å²) in [6, 6.07) is 13.0. The summed E-state index contributed by atoms with van der Waals surface area (Å²) in [6.45, 7) is 7.91. The van der Waals surface area contributed by atoms with Crippen molar-refractivity contribution in [3.63, 3.8) is 0 Å². The maximum Gasteiger partial charge on any atom is 0.191 e. The van der Waals surface area contributed by atoms with Crippen LogP contribution >= 0.6 is 35.3 Å². The van der Waals surface area contributed by atoms with Crippen molar-refractivity contribution in [2.24, 2.45) is 4.99 Å². The fourth-order valence-electron chi connectivity index (χ4n) is 3.40. The van der Waals surface area contributed by atoms with Gasteiger partial charge in [-0.2, -0.15) is 0 Å². The third-order valence-electron chi connectivity index (χ3n) is 4.81. The first-order valence-electron chi connectivity index (χ1n) is 9.71. The van der Waals surface area contributed by atoms with E-state index in [0.29, 0.717) is 13.1 Å². The maximum absolute atomic E-state index is 10.5. The maximum atomic E-state index is 10.5. The molecule has 28 heavy (non-hydrogen) atoms. The van der Waals surface area contributed by atoms with E-state index in [1.165, 1.54) is 16.0 Å². The smallest absolute Gasteiger partial charge is 0.191 e. The molecule has 3 N–H and O–H groups in total. The summed E-state index contributed by atoms with van der Waals surface area (Å²) >= 11 is 1.73. The molecule has 0 spiro atoms. The number of fused-ring (bicyclic) bond motifs is 1. The number of β-amino-alcohol motifs (C(OH)–C–C–N with tert-alkyl or cyclic N) is 1. The first-order valence-corrected chi connectivity index (χ1v) is 10.6. The average molecular weight is 514 g/mol. The van der Waals surface area contributed by atoms with E-state index in [0.717, 1.165) is 32.0 Å². The predicted molar refractivity (Wildman–Crippen MR) is 129 cm³/mol. The molecule has 0 aliphatic carbocycles. The van der Waals surface area contributed by atoms with Gasteiger partial charge in [-0.3, -0.25) is 9.89 Å². The summed E-state index contributed by atoms with van der Waals surface area (Å²) in [6.07, 6.45) is 0.581. The second-order valence-electron chi connectivity index (χ2n) is 7.01. The molecule has 0 saturated carbocycles. The quantitative estimate of drug-likeness (QED) is 0.301. The van der Waals surface area contributed by atoms with Crippen molar-refractivity contribution in [2.45, 2.75) is 39.0 Å². The standard InChI is InChI=1S/C21H30N4OS.HI/c1-3-22-21(24-16(2)20-9-6-12-27-20)23-13-19(26)15-25-11-10-17-7-4-5-8-18(17)14-25;/h4-9,12,16,19,26H,3,10-11,13-15H2,1-2H3,(H2,22,23,24);1H. The van der Waals surface area contributed by atoms with Crippen LogP contribution in [0.1, 0.15) is 35.9 Å². The third-order valence-corrected chi connectivity index (χ3v) is 5.86. The van der Waals surface area contributed by atoms with Crippen LogP contribution in [0.3, 0.4) is 0 Å². The number of halogens is 1. The van der Waals surface area contributed by atoms with Crippen LogP contribution in [0.4, 0.5) is 0 Å². The summed E-state index contributed by atoms with van der Waals surface area (Å²) in [7, 11) is 0. The molecule has 0 radical (unpaired) electrons. The molecule has 5 nitrogen and oxygen atoms in total. The van der Waals surface area contributed by atoms with Gasteiger partial charge in [-0.05, 0) is 42.8 Å². The second-order valence-corrected chi connectivity index (χ2v) is 7.99. The lowest BCUT2D eigenvalue weighted by Crippen LogP contribution is -2.41. The molecule has 0 bridgehead atoms. The Morgan fingerprint density at radius 1 is 1.25 bits per heavy atom. The van der Waals surface area contributed by atoms with Gasteiger partial charge in [0, 0.05) is 31.1 Å². The highest BCUT2D eigenvalue weighted by molar-refractivity contribution is 14.0. The Kier molecular flexibility index (Phi) is 9.70. The lowest BCUT2D eigenvalue weighted by Gasteiger charge is -2.30. The summed E-state index contributed by atoms with van der Waals surface area (Å²) in [4.78, 5) is 8.18. The first kappa shape index (κ1) is 23.1. The topological polar surface area (TPSA) is 59.9 Å². The van der Waals surface area contributed by atoms with Crippen molar-refractivity contribution in [2.75, 3.05) is 26.2 Å². The fourth-order valence-corrected chi connectivity index (χ4v) is 4.13. The number of aliphatic hydroxyl groups is 1. The van der Waals surface area contributed by atoms with Gasteiger partial charge >= 0.3 is 0 Å². The SMILES string of the molecule is CCNC(=NCC(O)CN1CCc2ccccc2C1)NC(C)c1cccs1.I. The molecule has 2 aromatic rings. The highest BCUT2D eigenvalue weighted by Gasteiger charge is 2.18. The number of hydrogen-bond donors (Lipinski definition) is 3. The van der Waals surface area contributed by atoms with Gasteiger partial charge < -0.3 is 15.7 Å². The van der Waals surface area contributed by atoms with Crippen LogP contribution in [0.25, 0.3) is 0 Å². The largest absolute Gasteiger partial charge is 0.390 e. The van der Waals surface area contributed by atoms with Crippen molar-refractivity contribution in [3.05, 3.63) is 57.8 Å². The van der Waals surface area contributed by atoms with E-state index in [-0.39, 0.29) is 30.0 Å². The number of rotatable bonds is 7. The van der Waals surface area contributed by atoms with Gasteiger partial charge in [-0.1, -0.05) is 30.3 Å². The Bertz CT molecular complexity index is 738. The van der Waals surface area contributed by atoms with Crippen LogP contribution in [-0.2, 0) is 13.0 Å². The number of aliphatic imine (C=N–C) groups is 1. The fraction of sp³-hybridized carbons (Fsp3) is 0.476. The lowest BCUT2D eigenvalue weighted by atomic mass is 10.00. The van der Waals surface area contributed by atoms with Crippen molar-refractivity contribution in [1.82, 2.24) is 15.5 Å². The van der Waals surface area contributed by atoms with Gasteiger partial charge in [-0.25, -0.2) is 0 Å². The van der Waals surface area contributed by atoms with Gasteiger partial charge in [0.1, 0.15) is 0 Å². The van der Waals surface area contributed by atoms with Crippen LogP contribution in [-0.4, -0.2) is 48.2 Å². The van der Waals surface area contributed by atoms with Crippen LogP contribution in [0.5, 0.6) is 0 Å². The van der Waals surface area contributed by atoms with Gasteiger partial charge in [0.25, 0.3) is 0 Å². The summed E-state index contributed by atoms with van der Waals surface area (Å²) in [5.41, 5.74) is 2.81. The lowest BCUT2D eigenvalue weighted by molar-refractivity contribution is 0.111. The molecule has 2 heterocycles. The molecule has 0 amide bonds. The molecule has 7 heteroatoms. The van der Waals surface area contributed by atoms with Crippen LogP contribution in [0.15, 0.2) is 46.8 Å². The number of nitrogens with zero attached hydrogens (tertiary/aromatic N) is 2. The number of nitrogens with one attached hydrogen (secondary N) is 2. The Morgan fingerprint density at radius 3 is 2.75 bits per heavy atom. The molecule has 1 aliphatic heterocycles.